The Morgan fingerprint density at radius 1 is 1.33 bits per heavy atom. The maximum atomic E-state index is 13.6. The Morgan fingerprint density at radius 2 is 2.00 bits per heavy atom. The second kappa shape index (κ2) is 6.74. The molecular weight excluding hydrogens is 229 g/mol. The first-order valence-electron chi connectivity index (χ1n) is 6.74. The zero-order valence-electron chi connectivity index (χ0n) is 11.8. The lowest BCUT2D eigenvalue weighted by Crippen LogP contribution is -2.25. The predicted octanol–water partition coefficient (Wildman–Crippen LogP) is 3.81. The van der Waals surface area contributed by atoms with Crippen LogP contribution >= 0.6 is 0 Å². The average molecular weight is 253 g/mol. The Hall–Kier alpha value is -1.09. The Balaban J connectivity index is 3.14. The van der Waals surface area contributed by atoms with Crippen LogP contribution in [-0.4, -0.2) is 18.2 Å². The molecule has 1 unspecified atom stereocenters. The van der Waals surface area contributed by atoms with Crippen LogP contribution in [0.4, 0.5) is 10.1 Å². The summed E-state index contributed by atoms with van der Waals surface area (Å²) in [5.41, 5.74) is 2.26. The van der Waals surface area contributed by atoms with Crippen molar-refractivity contribution in [1.82, 2.24) is 0 Å². The van der Waals surface area contributed by atoms with Gasteiger partial charge in [-0.3, -0.25) is 0 Å². The highest BCUT2D eigenvalue weighted by molar-refractivity contribution is 5.56. The molecule has 18 heavy (non-hydrogen) atoms. The molecule has 0 fully saturated rings. The van der Waals surface area contributed by atoms with Crippen molar-refractivity contribution in [3.63, 3.8) is 0 Å². The number of aliphatic hydroxyl groups is 1. The Bertz CT molecular complexity index is 390. The van der Waals surface area contributed by atoms with E-state index < -0.39 is 6.10 Å². The van der Waals surface area contributed by atoms with Gasteiger partial charge in [0.05, 0.1) is 6.10 Å². The fourth-order valence-electron chi connectivity index (χ4n) is 2.09. The zero-order chi connectivity index (χ0) is 13.7. The van der Waals surface area contributed by atoms with Gasteiger partial charge in [-0.05, 0) is 44.9 Å². The summed E-state index contributed by atoms with van der Waals surface area (Å²) in [7, 11) is 0. The molecule has 0 saturated carbocycles. The molecule has 0 saturated heterocycles. The maximum Gasteiger partial charge on any atom is 0.126 e. The lowest BCUT2D eigenvalue weighted by Gasteiger charge is -2.27. The van der Waals surface area contributed by atoms with Crippen LogP contribution in [0.15, 0.2) is 12.1 Å². The van der Waals surface area contributed by atoms with Crippen molar-refractivity contribution in [3.8, 4) is 0 Å². The highest BCUT2D eigenvalue weighted by Gasteiger charge is 2.15. The van der Waals surface area contributed by atoms with Gasteiger partial charge >= 0.3 is 0 Å². The van der Waals surface area contributed by atoms with E-state index in [-0.39, 0.29) is 5.82 Å². The molecule has 1 aromatic carbocycles. The summed E-state index contributed by atoms with van der Waals surface area (Å²) in [5, 5.41) is 9.80. The third-order valence-electron chi connectivity index (χ3n) is 3.26. The summed E-state index contributed by atoms with van der Waals surface area (Å²) in [4.78, 5) is 2.21. The van der Waals surface area contributed by atoms with Crippen molar-refractivity contribution >= 4 is 5.69 Å². The summed E-state index contributed by atoms with van der Waals surface area (Å²) >= 11 is 0. The number of hydrogen-bond acceptors (Lipinski definition) is 2. The first-order chi connectivity index (χ1) is 8.51. The van der Waals surface area contributed by atoms with Gasteiger partial charge < -0.3 is 10.0 Å². The number of rotatable bonds is 6. The van der Waals surface area contributed by atoms with E-state index in [1.807, 2.05) is 6.07 Å². The maximum absolute atomic E-state index is 13.6. The topological polar surface area (TPSA) is 23.5 Å². The first-order valence-corrected chi connectivity index (χ1v) is 6.74. The third-order valence-corrected chi connectivity index (χ3v) is 3.26. The van der Waals surface area contributed by atoms with Gasteiger partial charge in [-0.15, -0.1) is 0 Å². The molecule has 0 bridgehead atoms. The van der Waals surface area contributed by atoms with Gasteiger partial charge in [0.2, 0.25) is 0 Å². The molecule has 1 N–H and O–H groups in total. The Labute approximate surface area is 109 Å². The van der Waals surface area contributed by atoms with Crippen LogP contribution in [0.1, 0.15) is 50.8 Å². The molecule has 1 rings (SSSR count). The van der Waals surface area contributed by atoms with Gasteiger partial charge in [0.25, 0.3) is 0 Å². The molecular formula is C15H24FNO. The van der Waals surface area contributed by atoms with E-state index in [2.05, 4.69) is 18.7 Å². The quantitative estimate of drug-likeness (QED) is 0.833. The molecule has 0 spiro atoms. The molecule has 0 heterocycles. The van der Waals surface area contributed by atoms with E-state index in [0.29, 0.717) is 11.1 Å². The van der Waals surface area contributed by atoms with Crippen LogP contribution in [-0.2, 0) is 0 Å². The average Bonchev–Trinajstić information content (AvgIpc) is 2.33. The van der Waals surface area contributed by atoms with Crippen molar-refractivity contribution in [2.75, 3.05) is 18.0 Å². The molecule has 0 aliphatic heterocycles. The Kier molecular flexibility index (Phi) is 5.60. The van der Waals surface area contributed by atoms with Crippen LogP contribution in [0.25, 0.3) is 0 Å². The van der Waals surface area contributed by atoms with Crippen LogP contribution in [0.5, 0.6) is 0 Å². The number of halogens is 1. The fraction of sp³-hybridized carbons (Fsp3) is 0.600. The molecule has 3 heteroatoms. The van der Waals surface area contributed by atoms with E-state index in [4.69, 9.17) is 0 Å². The standard InChI is InChI=1S/C15H24FNO/c1-5-7-8-17(6-2)15-9-11(3)14(16)10-13(15)12(4)18/h9-10,12,18H,5-8H2,1-4H3. The zero-order valence-corrected chi connectivity index (χ0v) is 11.8. The van der Waals surface area contributed by atoms with Gasteiger partial charge in [0.15, 0.2) is 0 Å². The summed E-state index contributed by atoms with van der Waals surface area (Å²) in [6, 6.07) is 3.31. The second-order valence-electron chi connectivity index (χ2n) is 4.77. The summed E-state index contributed by atoms with van der Waals surface area (Å²) in [5.74, 6) is -0.249. The minimum atomic E-state index is -0.647. The van der Waals surface area contributed by atoms with Crippen LogP contribution in [0.3, 0.4) is 0 Å². The minimum Gasteiger partial charge on any atom is -0.389 e. The minimum absolute atomic E-state index is 0.249. The molecule has 2 nitrogen and oxygen atoms in total. The van der Waals surface area contributed by atoms with Gasteiger partial charge in [-0.1, -0.05) is 13.3 Å². The molecule has 1 aromatic rings. The van der Waals surface area contributed by atoms with Crippen molar-refractivity contribution in [2.24, 2.45) is 0 Å². The van der Waals surface area contributed by atoms with E-state index >= 15 is 0 Å². The number of aryl methyl sites for hydroxylation is 1. The van der Waals surface area contributed by atoms with E-state index in [1.165, 1.54) is 6.07 Å². The molecule has 102 valence electrons. The van der Waals surface area contributed by atoms with Gasteiger partial charge in [-0.2, -0.15) is 0 Å². The lowest BCUT2D eigenvalue weighted by molar-refractivity contribution is 0.199. The van der Waals surface area contributed by atoms with Crippen LogP contribution in [0.2, 0.25) is 0 Å². The highest BCUT2D eigenvalue weighted by Crippen LogP contribution is 2.29. The SMILES string of the molecule is CCCCN(CC)c1cc(C)c(F)cc1C(C)O. The van der Waals surface area contributed by atoms with Crippen molar-refractivity contribution in [3.05, 3.63) is 29.1 Å². The summed E-state index contributed by atoms with van der Waals surface area (Å²) in [6.45, 7) is 9.49. The normalized spacial score (nSPS) is 12.6. The molecule has 0 aliphatic carbocycles. The Morgan fingerprint density at radius 3 is 2.50 bits per heavy atom. The predicted molar refractivity (Wildman–Crippen MR) is 74.6 cm³/mol. The van der Waals surface area contributed by atoms with Crippen molar-refractivity contribution < 1.29 is 9.50 Å². The molecule has 0 radical (unpaired) electrons. The third kappa shape index (κ3) is 3.45. The first kappa shape index (κ1) is 15.0. The number of aliphatic hydroxyl groups excluding tert-OH is 1. The van der Waals surface area contributed by atoms with Crippen molar-refractivity contribution in [2.45, 2.75) is 46.6 Å². The number of hydrogen-bond donors (Lipinski definition) is 1. The number of unbranched alkanes of at least 4 members (excludes halogenated alkanes) is 1. The monoisotopic (exact) mass is 253 g/mol. The lowest BCUT2D eigenvalue weighted by atomic mass is 10.0. The molecule has 0 aromatic heterocycles. The smallest absolute Gasteiger partial charge is 0.126 e. The largest absolute Gasteiger partial charge is 0.389 e. The van der Waals surface area contributed by atoms with Crippen molar-refractivity contribution in [1.29, 1.82) is 0 Å². The second-order valence-corrected chi connectivity index (χ2v) is 4.77. The molecule has 0 amide bonds. The number of nitrogens with zero attached hydrogens (tertiary/aromatic N) is 1. The fourth-order valence-corrected chi connectivity index (χ4v) is 2.09. The number of benzene rings is 1. The summed E-state index contributed by atoms with van der Waals surface area (Å²) in [6.07, 6.45) is 1.58. The molecule has 0 aliphatic rings. The van der Waals surface area contributed by atoms with E-state index in [9.17, 15) is 9.50 Å². The molecule has 1 atom stereocenters. The van der Waals surface area contributed by atoms with Gasteiger partial charge in [0.1, 0.15) is 5.82 Å². The van der Waals surface area contributed by atoms with Gasteiger partial charge in [0, 0.05) is 24.3 Å². The van der Waals surface area contributed by atoms with E-state index in [0.717, 1.165) is 31.6 Å². The van der Waals surface area contributed by atoms with Crippen LogP contribution in [0, 0.1) is 12.7 Å². The number of anilines is 1. The van der Waals surface area contributed by atoms with E-state index in [1.54, 1.807) is 13.8 Å². The summed E-state index contributed by atoms with van der Waals surface area (Å²) < 4.78 is 13.6. The highest BCUT2D eigenvalue weighted by atomic mass is 19.1. The van der Waals surface area contributed by atoms with Gasteiger partial charge in [-0.25, -0.2) is 4.39 Å². The van der Waals surface area contributed by atoms with Crippen LogP contribution < -0.4 is 4.90 Å².